The topological polar surface area (TPSA) is 53.4 Å². The molecule has 1 amide bonds. The van der Waals surface area contributed by atoms with Crippen LogP contribution in [0.15, 0.2) is 30.6 Å². The summed E-state index contributed by atoms with van der Waals surface area (Å²) < 4.78 is 0. The van der Waals surface area contributed by atoms with E-state index in [-0.39, 0.29) is 18.6 Å². The highest BCUT2D eigenvalue weighted by Gasteiger charge is 2.26. The first kappa shape index (κ1) is 11.8. The molecule has 1 aromatic rings. The molecule has 0 spiro atoms. The Kier molecular flexibility index (Phi) is 3.88. The number of amides is 1. The van der Waals surface area contributed by atoms with Gasteiger partial charge in [0.2, 0.25) is 5.91 Å². The fraction of sp³-hybridized carbons (Fsp3) is 0.385. The number of likely N-dealkylation sites (tertiary alicyclic amines) is 1. The van der Waals surface area contributed by atoms with Gasteiger partial charge in [-0.1, -0.05) is 6.07 Å². The van der Waals surface area contributed by atoms with Crippen molar-refractivity contribution in [3.8, 4) is 0 Å². The van der Waals surface area contributed by atoms with Crippen LogP contribution < -0.4 is 0 Å². The zero-order valence-electron chi connectivity index (χ0n) is 9.62. The van der Waals surface area contributed by atoms with Crippen molar-refractivity contribution in [3.05, 3.63) is 36.2 Å². The van der Waals surface area contributed by atoms with Crippen LogP contribution in [0.1, 0.15) is 18.4 Å². The Morgan fingerprint density at radius 2 is 2.53 bits per heavy atom. The van der Waals surface area contributed by atoms with E-state index in [1.807, 2.05) is 12.1 Å². The molecule has 0 aromatic carbocycles. The Balaban J connectivity index is 1.99. The highest BCUT2D eigenvalue weighted by Crippen LogP contribution is 2.17. The quantitative estimate of drug-likeness (QED) is 0.793. The normalized spacial score (nSPS) is 20.1. The molecule has 0 radical (unpaired) electrons. The monoisotopic (exact) mass is 232 g/mol. The predicted octanol–water partition coefficient (Wildman–Crippen LogP) is 1.08. The summed E-state index contributed by atoms with van der Waals surface area (Å²) in [6.45, 7) is 0.786. The summed E-state index contributed by atoms with van der Waals surface area (Å²) in [6, 6.07) is 3.71. The van der Waals surface area contributed by atoms with Gasteiger partial charge < -0.3 is 10.0 Å². The third-order valence-electron chi connectivity index (χ3n) is 2.97. The Morgan fingerprint density at radius 1 is 1.65 bits per heavy atom. The molecule has 4 heteroatoms. The maximum Gasteiger partial charge on any atom is 0.246 e. The number of pyridine rings is 1. The average Bonchev–Trinajstić information content (AvgIpc) is 2.85. The second-order valence-corrected chi connectivity index (χ2v) is 4.13. The maximum absolute atomic E-state index is 11.9. The van der Waals surface area contributed by atoms with Gasteiger partial charge in [-0.05, 0) is 30.5 Å². The van der Waals surface area contributed by atoms with Crippen molar-refractivity contribution < 1.29 is 9.90 Å². The second-order valence-electron chi connectivity index (χ2n) is 4.13. The number of carbonyl (C=O) groups is 1. The number of aliphatic hydroxyl groups excluding tert-OH is 1. The fourth-order valence-corrected chi connectivity index (χ4v) is 2.05. The van der Waals surface area contributed by atoms with E-state index in [4.69, 9.17) is 5.11 Å². The molecule has 0 unspecified atom stereocenters. The van der Waals surface area contributed by atoms with Crippen LogP contribution in [0.25, 0.3) is 6.08 Å². The van der Waals surface area contributed by atoms with E-state index >= 15 is 0 Å². The van der Waals surface area contributed by atoms with E-state index in [1.54, 1.807) is 29.4 Å². The third kappa shape index (κ3) is 2.91. The minimum atomic E-state index is -0.0367. The molecular formula is C13H16N2O2. The predicted molar refractivity (Wildman–Crippen MR) is 65.1 cm³/mol. The van der Waals surface area contributed by atoms with E-state index in [0.717, 1.165) is 24.9 Å². The lowest BCUT2D eigenvalue weighted by Crippen LogP contribution is -2.36. The first-order valence-electron chi connectivity index (χ1n) is 5.81. The van der Waals surface area contributed by atoms with Crippen LogP contribution in [0.3, 0.4) is 0 Å². The molecule has 1 fully saturated rings. The van der Waals surface area contributed by atoms with Gasteiger partial charge >= 0.3 is 0 Å². The van der Waals surface area contributed by atoms with Crippen molar-refractivity contribution in [1.29, 1.82) is 0 Å². The van der Waals surface area contributed by atoms with Gasteiger partial charge in [0.15, 0.2) is 0 Å². The maximum atomic E-state index is 11.9. The Morgan fingerprint density at radius 3 is 3.24 bits per heavy atom. The molecule has 0 saturated carbocycles. The van der Waals surface area contributed by atoms with Crippen LogP contribution in [-0.4, -0.2) is 40.1 Å². The number of hydrogen-bond acceptors (Lipinski definition) is 3. The summed E-state index contributed by atoms with van der Waals surface area (Å²) in [5.41, 5.74) is 0.903. The molecule has 0 aliphatic carbocycles. The summed E-state index contributed by atoms with van der Waals surface area (Å²) in [6.07, 6.45) is 8.56. The lowest BCUT2D eigenvalue weighted by Gasteiger charge is -2.21. The van der Waals surface area contributed by atoms with Crippen molar-refractivity contribution in [3.63, 3.8) is 0 Å². The van der Waals surface area contributed by atoms with Crippen LogP contribution >= 0.6 is 0 Å². The smallest absolute Gasteiger partial charge is 0.246 e. The molecule has 1 saturated heterocycles. The number of carbonyl (C=O) groups excluding carboxylic acids is 1. The lowest BCUT2D eigenvalue weighted by atomic mass is 10.2. The first-order chi connectivity index (χ1) is 8.31. The number of aromatic nitrogens is 1. The van der Waals surface area contributed by atoms with Gasteiger partial charge in [-0.25, -0.2) is 0 Å². The molecule has 2 rings (SSSR count). The zero-order valence-corrected chi connectivity index (χ0v) is 9.62. The largest absolute Gasteiger partial charge is 0.394 e. The first-order valence-corrected chi connectivity index (χ1v) is 5.81. The van der Waals surface area contributed by atoms with E-state index in [1.165, 1.54) is 0 Å². The van der Waals surface area contributed by atoms with Gasteiger partial charge in [-0.2, -0.15) is 0 Å². The van der Waals surface area contributed by atoms with Crippen LogP contribution in [0.5, 0.6) is 0 Å². The number of hydrogen-bond donors (Lipinski definition) is 1. The van der Waals surface area contributed by atoms with Crippen LogP contribution in [0.2, 0.25) is 0 Å². The summed E-state index contributed by atoms with van der Waals surface area (Å²) in [7, 11) is 0. The van der Waals surface area contributed by atoms with Crippen LogP contribution in [0, 0.1) is 0 Å². The van der Waals surface area contributed by atoms with Gasteiger partial charge in [0.05, 0.1) is 12.6 Å². The summed E-state index contributed by atoms with van der Waals surface area (Å²) in [4.78, 5) is 17.6. The summed E-state index contributed by atoms with van der Waals surface area (Å²) in [5.74, 6) is -0.0367. The Labute approximate surface area is 101 Å². The summed E-state index contributed by atoms with van der Waals surface area (Å²) in [5, 5.41) is 9.14. The van der Waals surface area contributed by atoms with Gasteiger partial charge in [0.1, 0.15) is 0 Å². The van der Waals surface area contributed by atoms with Gasteiger partial charge in [0, 0.05) is 25.0 Å². The van der Waals surface area contributed by atoms with E-state index < -0.39 is 0 Å². The van der Waals surface area contributed by atoms with Gasteiger partial charge in [0.25, 0.3) is 0 Å². The number of aliphatic hydroxyl groups is 1. The van der Waals surface area contributed by atoms with E-state index in [2.05, 4.69) is 4.98 Å². The SMILES string of the molecule is O=C(/C=C/c1cccnc1)N1CCC[C@H]1CO. The summed E-state index contributed by atoms with van der Waals surface area (Å²) >= 11 is 0. The molecule has 90 valence electrons. The van der Waals surface area contributed by atoms with Crippen molar-refractivity contribution >= 4 is 12.0 Å². The minimum absolute atomic E-state index is 0.0129. The van der Waals surface area contributed by atoms with Crippen LogP contribution in [0.4, 0.5) is 0 Å². The number of nitrogens with zero attached hydrogens (tertiary/aromatic N) is 2. The molecule has 4 nitrogen and oxygen atoms in total. The van der Waals surface area contributed by atoms with Crippen molar-refractivity contribution in [2.24, 2.45) is 0 Å². The third-order valence-corrected chi connectivity index (χ3v) is 2.97. The van der Waals surface area contributed by atoms with E-state index in [9.17, 15) is 4.79 Å². The molecule has 17 heavy (non-hydrogen) atoms. The Bertz CT molecular complexity index is 403. The molecular weight excluding hydrogens is 216 g/mol. The number of rotatable bonds is 3. The van der Waals surface area contributed by atoms with Crippen molar-refractivity contribution in [2.75, 3.05) is 13.2 Å². The molecule has 1 aromatic heterocycles. The standard InChI is InChI=1S/C13H16N2O2/c16-10-12-4-2-8-15(12)13(17)6-5-11-3-1-7-14-9-11/h1,3,5-7,9,12,16H,2,4,8,10H2/b6-5+/t12-/m0/s1. The molecule has 1 N–H and O–H groups in total. The fourth-order valence-electron chi connectivity index (χ4n) is 2.05. The highest BCUT2D eigenvalue weighted by atomic mass is 16.3. The zero-order chi connectivity index (χ0) is 12.1. The second kappa shape index (κ2) is 5.59. The lowest BCUT2D eigenvalue weighted by molar-refractivity contribution is -0.127. The minimum Gasteiger partial charge on any atom is -0.394 e. The molecule has 1 atom stereocenters. The van der Waals surface area contributed by atoms with Crippen molar-refractivity contribution in [1.82, 2.24) is 9.88 Å². The molecule has 1 aliphatic rings. The van der Waals surface area contributed by atoms with E-state index in [0.29, 0.717) is 0 Å². The van der Waals surface area contributed by atoms with Gasteiger partial charge in [-0.15, -0.1) is 0 Å². The van der Waals surface area contributed by atoms with Crippen molar-refractivity contribution in [2.45, 2.75) is 18.9 Å². The van der Waals surface area contributed by atoms with Gasteiger partial charge in [-0.3, -0.25) is 9.78 Å². The molecule has 2 heterocycles. The average molecular weight is 232 g/mol. The Hall–Kier alpha value is -1.68. The molecule has 1 aliphatic heterocycles. The van der Waals surface area contributed by atoms with Crippen LogP contribution in [-0.2, 0) is 4.79 Å². The highest BCUT2D eigenvalue weighted by molar-refractivity contribution is 5.92. The molecule has 0 bridgehead atoms.